The Morgan fingerprint density at radius 1 is 1.21 bits per heavy atom. The summed E-state index contributed by atoms with van der Waals surface area (Å²) in [4.78, 5) is 27.4. The number of nitrogens with one attached hydrogen (secondary N) is 1. The number of carbonyl (C=O) groups excluding carboxylic acids is 1. The van der Waals surface area contributed by atoms with Crippen molar-refractivity contribution in [2.75, 3.05) is 39.3 Å². The van der Waals surface area contributed by atoms with Crippen LogP contribution in [0.2, 0.25) is 0 Å². The number of carboxylic acids is 1. The molecule has 29 heavy (non-hydrogen) atoms. The second-order valence-electron chi connectivity index (χ2n) is 7.96. The average molecular weight is 426 g/mol. The first-order valence-electron chi connectivity index (χ1n) is 10.4. The van der Waals surface area contributed by atoms with E-state index in [0.29, 0.717) is 25.0 Å². The van der Waals surface area contributed by atoms with Gasteiger partial charge in [-0.2, -0.15) is 0 Å². The third kappa shape index (κ3) is 8.72. The molecule has 1 fully saturated rings. The number of likely N-dealkylation sites (N-methyl/N-ethyl adjacent to an activating group) is 1. The monoisotopic (exact) mass is 425 g/mol. The van der Waals surface area contributed by atoms with E-state index in [2.05, 4.69) is 48.3 Å². The molecular weight excluding hydrogens is 390 g/mol. The number of carboxylic acid groups (broad SMARTS) is 1. The summed E-state index contributed by atoms with van der Waals surface area (Å²) < 4.78 is 0. The summed E-state index contributed by atoms with van der Waals surface area (Å²) in [5.41, 5.74) is 2.57. The van der Waals surface area contributed by atoms with Crippen LogP contribution in [0.15, 0.2) is 24.3 Å². The van der Waals surface area contributed by atoms with E-state index in [1.807, 2.05) is 11.8 Å². The molecule has 0 aromatic heterocycles. The standard InChI is InChI=1S/C22H35N3O3.ClH/c1-4-25(16-22(27)28)20-10-13-24(14-11-20)15-21(26)23-12-9-18-5-7-19(8-6-18)17(2)3;/h5-8,17,20H,4,9-16H2,1-3H3,(H,23,26)(H,27,28);1H. The van der Waals surface area contributed by atoms with Gasteiger partial charge in [-0.3, -0.25) is 19.4 Å². The summed E-state index contributed by atoms with van der Waals surface area (Å²) >= 11 is 0. The smallest absolute Gasteiger partial charge is 0.317 e. The van der Waals surface area contributed by atoms with E-state index in [1.165, 1.54) is 11.1 Å². The van der Waals surface area contributed by atoms with Crippen molar-refractivity contribution >= 4 is 24.3 Å². The van der Waals surface area contributed by atoms with Gasteiger partial charge < -0.3 is 10.4 Å². The largest absolute Gasteiger partial charge is 0.480 e. The fraction of sp³-hybridized carbons (Fsp3) is 0.636. The van der Waals surface area contributed by atoms with Gasteiger partial charge in [0.2, 0.25) is 5.91 Å². The molecule has 1 saturated heterocycles. The van der Waals surface area contributed by atoms with Crippen molar-refractivity contribution in [3.05, 3.63) is 35.4 Å². The molecule has 2 rings (SSSR count). The van der Waals surface area contributed by atoms with Crippen molar-refractivity contribution in [3.63, 3.8) is 0 Å². The van der Waals surface area contributed by atoms with Crippen LogP contribution in [0.25, 0.3) is 0 Å². The minimum atomic E-state index is -0.775. The molecule has 0 saturated carbocycles. The van der Waals surface area contributed by atoms with E-state index in [0.717, 1.165) is 38.9 Å². The number of benzene rings is 1. The van der Waals surface area contributed by atoms with Gasteiger partial charge in [0, 0.05) is 25.7 Å². The van der Waals surface area contributed by atoms with E-state index >= 15 is 0 Å². The van der Waals surface area contributed by atoms with Gasteiger partial charge in [0.1, 0.15) is 0 Å². The molecule has 1 amide bonds. The number of nitrogens with zero attached hydrogens (tertiary/aromatic N) is 2. The van der Waals surface area contributed by atoms with Crippen LogP contribution < -0.4 is 5.32 Å². The zero-order chi connectivity index (χ0) is 20.5. The zero-order valence-corrected chi connectivity index (χ0v) is 18.7. The van der Waals surface area contributed by atoms with Gasteiger partial charge in [0.25, 0.3) is 0 Å². The molecule has 164 valence electrons. The maximum atomic E-state index is 12.2. The number of hydrogen-bond donors (Lipinski definition) is 2. The Hall–Kier alpha value is -1.63. The van der Waals surface area contributed by atoms with Crippen LogP contribution in [-0.4, -0.2) is 72.1 Å². The highest BCUT2D eigenvalue weighted by Crippen LogP contribution is 2.16. The second-order valence-corrected chi connectivity index (χ2v) is 7.96. The highest BCUT2D eigenvalue weighted by molar-refractivity contribution is 5.85. The number of hydrogen-bond acceptors (Lipinski definition) is 4. The molecule has 0 spiro atoms. The summed E-state index contributed by atoms with van der Waals surface area (Å²) in [6.45, 7) is 9.96. The lowest BCUT2D eigenvalue weighted by molar-refractivity contribution is -0.139. The normalized spacial score (nSPS) is 15.3. The van der Waals surface area contributed by atoms with Crippen LogP contribution in [0.3, 0.4) is 0 Å². The Bertz CT molecular complexity index is 629. The molecule has 1 aliphatic rings. The van der Waals surface area contributed by atoms with Crippen LogP contribution in [-0.2, 0) is 16.0 Å². The van der Waals surface area contributed by atoms with E-state index in [9.17, 15) is 9.59 Å². The predicted octanol–water partition coefficient (Wildman–Crippen LogP) is 2.76. The van der Waals surface area contributed by atoms with Crippen molar-refractivity contribution in [1.82, 2.24) is 15.1 Å². The first-order chi connectivity index (χ1) is 13.4. The number of aliphatic carboxylic acids is 1. The fourth-order valence-electron chi connectivity index (χ4n) is 3.79. The topological polar surface area (TPSA) is 72.9 Å². The first-order valence-corrected chi connectivity index (χ1v) is 10.4. The highest BCUT2D eigenvalue weighted by Gasteiger charge is 2.25. The molecule has 0 radical (unpaired) electrons. The molecule has 0 bridgehead atoms. The Balaban J connectivity index is 0.00000420. The number of piperidine rings is 1. The molecule has 1 heterocycles. The van der Waals surface area contributed by atoms with E-state index < -0.39 is 5.97 Å². The minimum absolute atomic E-state index is 0. The molecule has 0 atom stereocenters. The quantitative estimate of drug-likeness (QED) is 0.603. The third-order valence-electron chi connectivity index (χ3n) is 5.57. The SMILES string of the molecule is CCN(CC(=O)O)C1CCN(CC(=O)NCCc2ccc(C(C)C)cc2)CC1.Cl. The predicted molar refractivity (Wildman–Crippen MR) is 119 cm³/mol. The van der Waals surface area contributed by atoms with Gasteiger partial charge in [0.15, 0.2) is 0 Å². The van der Waals surface area contributed by atoms with Gasteiger partial charge in [0.05, 0.1) is 13.1 Å². The maximum absolute atomic E-state index is 12.2. The van der Waals surface area contributed by atoms with Gasteiger partial charge in [-0.05, 0) is 42.9 Å². The molecule has 0 unspecified atom stereocenters. The third-order valence-corrected chi connectivity index (χ3v) is 5.57. The van der Waals surface area contributed by atoms with Crippen molar-refractivity contribution in [3.8, 4) is 0 Å². The molecule has 1 aromatic carbocycles. The van der Waals surface area contributed by atoms with E-state index in [1.54, 1.807) is 0 Å². The summed E-state index contributed by atoms with van der Waals surface area (Å²) in [6.07, 6.45) is 2.67. The van der Waals surface area contributed by atoms with Crippen LogP contribution in [0.5, 0.6) is 0 Å². The minimum Gasteiger partial charge on any atom is -0.480 e. The van der Waals surface area contributed by atoms with Gasteiger partial charge in [-0.1, -0.05) is 45.0 Å². The van der Waals surface area contributed by atoms with Crippen molar-refractivity contribution in [1.29, 1.82) is 0 Å². The van der Waals surface area contributed by atoms with Crippen LogP contribution in [0, 0.1) is 0 Å². The number of likely N-dealkylation sites (tertiary alicyclic amines) is 1. The van der Waals surface area contributed by atoms with Crippen LogP contribution >= 0.6 is 12.4 Å². The van der Waals surface area contributed by atoms with E-state index in [4.69, 9.17) is 5.11 Å². The van der Waals surface area contributed by atoms with E-state index in [-0.39, 0.29) is 24.9 Å². The summed E-state index contributed by atoms with van der Waals surface area (Å²) in [5, 5.41) is 12.0. The number of halogens is 1. The van der Waals surface area contributed by atoms with Crippen molar-refractivity contribution in [2.24, 2.45) is 0 Å². The summed E-state index contributed by atoms with van der Waals surface area (Å²) in [5.74, 6) is -0.177. The van der Waals surface area contributed by atoms with Crippen molar-refractivity contribution in [2.45, 2.75) is 52.0 Å². The van der Waals surface area contributed by atoms with Crippen molar-refractivity contribution < 1.29 is 14.7 Å². The fourth-order valence-corrected chi connectivity index (χ4v) is 3.79. The first kappa shape index (κ1) is 25.4. The maximum Gasteiger partial charge on any atom is 0.317 e. The lowest BCUT2D eigenvalue weighted by Crippen LogP contribution is -2.48. The Kier molecular flexibility index (Phi) is 11.2. The lowest BCUT2D eigenvalue weighted by Gasteiger charge is -2.37. The highest BCUT2D eigenvalue weighted by atomic mass is 35.5. The Morgan fingerprint density at radius 3 is 2.34 bits per heavy atom. The molecule has 1 aromatic rings. The second kappa shape index (κ2) is 12.8. The van der Waals surface area contributed by atoms with Crippen LogP contribution in [0.1, 0.15) is 50.7 Å². The molecule has 2 N–H and O–H groups in total. The zero-order valence-electron chi connectivity index (χ0n) is 17.9. The molecular formula is C22H36ClN3O3. The van der Waals surface area contributed by atoms with Gasteiger partial charge in [-0.25, -0.2) is 0 Å². The lowest BCUT2D eigenvalue weighted by atomic mass is 10.0. The van der Waals surface area contributed by atoms with Gasteiger partial charge in [-0.15, -0.1) is 12.4 Å². The Labute approximate surface area is 181 Å². The molecule has 6 nitrogen and oxygen atoms in total. The van der Waals surface area contributed by atoms with Crippen LogP contribution in [0.4, 0.5) is 0 Å². The molecule has 1 aliphatic heterocycles. The Morgan fingerprint density at radius 2 is 1.83 bits per heavy atom. The molecule has 7 heteroatoms. The summed E-state index contributed by atoms with van der Waals surface area (Å²) in [7, 11) is 0. The number of carbonyl (C=O) groups is 2. The van der Waals surface area contributed by atoms with Gasteiger partial charge >= 0.3 is 5.97 Å². The average Bonchev–Trinajstić information content (AvgIpc) is 2.67. The molecule has 0 aliphatic carbocycles. The number of rotatable bonds is 10. The number of amides is 1. The summed E-state index contributed by atoms with van der Waals surface area (Å²) in [6, 6.07) is 8.91.